The number of rotatable bonds is 7. The summed E-state index contributed by atoms with van der Waals surface area (Å²) in [6.45, 7) is 0. The monoisotopic (exact) mass is 464 g/mol. The van der Waals surface area contributed by atoms with E-state index in [9.17, 15) is 16.8 Å². The zero-order valence-corrected chi connectivity index (χ0v) is 17.3. The zero-order valence-electron chi connectivity index (χ0n) is 14.1. The smallest absolute Gasteiger partial charge is 0.263 e. The van der Waals surface area contributed by atoms with E-state index in [0.29, 0.717) is 5.75 Å². The molecule has 0 aromatic heterocycles. The summed E-state index contributed by atoms with van der Waals surface area (Å²) in [7, 11) is -4.80. The molecule has 0 heterocycles. The molecule has 0 spiro atoms. The first-order valence-electron chi connectivity index (χ1n) is 7.08. The summed E-state index contributed by atoms with van der Waals surface area (Å²) < 4.78 is 63.7. The molecule has 26 heavy (non-hydrogen) atoms. The number of benzene rings is 2. The first-order valence-corrected chi connectivity index (χ1v) is 11.3. The third-order valence-corrected chi connectivity index (χ3v) is 6.11. The highest BCUT2D eigenvalue weighted by Gasteiger charge is 2.22. The van der Waals surface area contributed by atoms with Crippen molar-refractivity contribution in [3.05, 3.63) is 40.9 Å². The van der Waals surface area contributed by atoms with E-state index < -0.39 is 20.0 Å². The van der Waals surface area contributed by atoms with Crippen LogP contribution >= 0.6 is 15.9 Å². The number of hydrogen-bond donors (Lipinski definition) is 2. The predicted molar refractivity (Wildman–Crippen MR) is 103 cm³/mol. The number of para-hydroxylation sites is 2. The molecule has 0 aliphatic carbocycles. The van der Waals surface area contributed by atoms with Crippen LogP contribution in [0.5, 0.6) is 11.5 Å². The summed E-state index contributed by atoms with van der Waals surface area (Å²) in [4.78, 5) is -0.0932. The minimum absolute atomic E-state index is 0.0830. The van der Waals surface area contributed by atoms with E-state index >= 15 is 0 Å². The van der Waals surface area contributed by atoms with E-state index in [1.165, 1.54) is 38.5 Å². The van der Waals surface area contributed by atoms with Crippen LogP contribution in [-0.4, -0.2) is 37.3 Å². The Hall–Kier alpha value is -1.98. The lowest BCUT2D eigenvalue weighted by Crippen LogP contribution is -2.17. The molecule has 8 nitrogen and oxygen atoms in total. The third kappa shape index (κ3) is 4.80. The Kier molecular flexibility index (Phi) is 6.04. The summed E-state index contributed by atoms with van der Waals surface area (Å²) in [6.07, 6.45) is 0.975. The van der Waals surface area contributed by atoms with E-state index in [2.05, 4.69) is 25.4 Å². The molecule has 2 rings (SSSR count). The first-order chi connectivity index (χ1) is 12.1. The minimum Gasteiger partial charge on any atom is -0.493 e. The van der Waals surface area contributed by atoms with Crippen LogP contribution in [0, 0.1) is 0 Å². The minimum atomic E-state index is -4.05. The molecular formula is C15H17BrN2O6S2. The molecule has 0 bridgehead atoms. The number of methoxy groups -OCH3 is 2. The van der Waals surface area contributed by atoms with Crippen molar-refractivity contribution >= 4 is 47.4 Å². The highest BCUT2D eigenvalue weighted by molar-refractivity contribution is 9.10. The molecule has 0 aliphatic heterocycles. The molecule has 0 saturated carbocycles. The van der Waals surface area contributed by atoms with Gasteiger partial charge < -0.3 is 9.47 Å². The number of ether oxygens (including phenoxy) is 2. The molecule has 2 N–H and O–H groups in total. The zero-order chi connectivity index (χ0) is 19.5. The molecule has 0 fully saturated rings. The third-order valence-electron chi connectivity index (χ3n) is 3.19. The standard InChI is InChI=1S/C15H17BrN2O6S2/c1-23-13-8-10(16)15(9-14(13)24-2)26(21,22)18-12-7-5-4-6-11(12)17-25(3,19)20/h4-9,17-18H,1-3H3. The topological polar surface area (TPSA) is 111 Å². The van der Waals surface area contributed by atoms with Crippen molar-refractivity contribution in [1.82, 2.24) is 0 Å². The van der Waals surface area contributed by atoms with Gasteiger partial charge in [-0.25, -0.2) is 16.8 Å². The molecular weight excluding hydrogens is 448 g/mol. The van der Waals surface area contributed by atoms with Gasteiger partial charge in [-0.2, -0.15) is 0 Å². The highest BCUT2D eigenvalue weighted by Crippen LogP contribution is 2.36. The van der Waals surface area contributed by atoms with Gasteiger partial charge in [0.1, 0.15) is 4.90 Å². The maximum atomic E-state index is 12.8. The average molecular weight is 465 g/mol. The summed E-state index contributed by atoms with van der Waals surface area (Å²) in [6, 6.07) is 8.82. The van der Waals surface area contributed by atoms with Crippen molar-refractivity contribution < 1.29 is 26.3 Å². The van der Waals surface area contributed by atoms with Crippen LogP contribution in [0.1, 0.15) is 0 Å². The van der Waals surface area contributed by atoms with Gasteiger partial charge in [-0.3, -0.25) is 9.44 Å². The second-order valence-corrected chi connectivity index (χ2v) is 9.42. The Bertz CT molecular complexity index is 1020. The maximum absolute atomic E-state index is 12.8. The van der Waals surface area contributed by atoms with Crippen LogP contribution in [-0.2, 0) is 20.0 Å². The number of anilines is 2. The predicted octanol–water partition coefficient (Wildman–Crippen LogP) is 2.64. The molecule has 0 aliphatic rings. The summed E-state index contributed by atoms with van der Waals surface area (Å²) in [5, 5.41) is 0. The fourth-order valence-corrected chi connectivity index (χ4v) is 4.80. The molecule has 0 radical (unpaired) electrons. The Morgan fingerprint density at radius 1 is 0.885 bits per heavy atom. The Balaban J connectivity index is 2.48. The van der Waals surface area contributed by atoms with Crippen molar-refractivity contribution in [3.8, 4) is 11.5 Å². The number of hydrogen-bond acceptors (Lipinski definition) is 6. The first kappa shape index (κ1) is 20.3. The number of halogens is 1. The summed E-state index contributed by atoms with van der Waals surface area (Å²) >= 11 is 3.20. The van der Waals surface area contributed by atoms with Gasteiger partial charge >= 0.3 is 0 Å². The van der Waals surface area contributed by atoms with Crippen LogP contribution in [0.25, 0.3) is 0 Å². The molecule has 2 aromatic rings. The average Bonchev–Trinajstić information content (AvgIpc) is 2.54. The molecule has 2 aromatic carbocycles. The van der Waals surface area contributed by atoms with E-state index in [1.54, 1.807) is 12.1 Å². The fraction of sp³-hybridized carbons (Fsp3) is 0.200. The van der Waals surface area contributed by atoms with Gasteiger partial charge in [-0.05, 0) is 34.1 Å². The van der Waals surface area contributed by atoms with Crippen molar-refractivity contribution in [2.75, 3.05) is 29.9 Å². The van der Waals surface area contributed by atoms with E-state index in [0.717, 1.165) is 6.26 Å². The van der Waals surface area contributed by atoms with Crippen molar-refractivity contribution in [1.29, 1.82) is 0 Å². The van der Waals surface area contributed by atoms with Crippen LogP contribution in [0.2, 0.25) is 0 Å². The maximum Gasteiger partial charge on any atom is 0.263 e. The SMILES string of the molecule is COc1cc(Br)c(S(=O)(=O)Nc2ccccc2NS(C)(=O)=O)cc1OC. The van der Waals surface area contributed by atoms with Gasteiger partial charge in [0, 0.05) is 10.5 Å². The Morgan fingerprint density at radius 2 is 1.38 bits per heavy atom. The Labute approximate surface area is 160 Å². The lowest BCUT2D eigenvalue weighted by atomic mass is 10.3. The van der Waals surface area contributed by atoms with Gasteiger partial charge in [-0.1, -0.05) is 12.1 Å². The number of sulfonamides is 2. The van der Waals surface area contributed by atoms with Crippen molar-refractivity contribution in [2.24, 2.45) is 0 Å². The normalized spacial score (nSPS) is 11.7. The highest BCUT2D eigenvalue weighted by atomic mass is 79.9. The summed E-state index contributed by atoms with van der Waals surface area (Å²) in [5.74, 6) is 0.594. The molecule has 0 unspecified atom stereocenters. The van der Waals surface area contributed by atoms with Crippen LogP contribution in [0.15, 0.2) is 45.8 Å². The lowest BCUT2D eigenvalue weighted by Gasteiger charge is -2.15. The number of nitrogens with one attached hydrogen (secondary N) is 2. The van der Waals surface area contributed by atoms with Crippen LogP contribution in [0.3, 0.4) is 0 Å². The molecule has 0 amide bonds. The van der Waals surface area contributed by atoms with Gasteiger partial charge in [-0.15, -0.1) is 0 Å². The Morgan fingerprint density at radius 3 is 1.88 bits per heavy atom. The van der Waals surface area contributed by atoms with Gasteiger partial charge in [0.2, 0.25) is 10.0 Å². The van der Waals surface area contributed by atoms with Crippen molar-refractivity contribution in [2.45, 2.75) is 4.90 Å². The van der Waals surface area contributed by atoms with Gasteiger partial charge in [0.25, 0.3) is 10.0 Å². The van der Waals surface area contributed by atoms with E-state index in [4.69, 9.17) is 9.47 Å². The van der Waals surface area contributed by atoms with Gasteiger partial charge in [0.05, 0.1) is 31.9 Å². The quantitative estimate of drug-likeness (QED) is 0.651. The van der Waals surface area contributed by atoms with Crippen LogP contribution in [0.4, 0.5) is 11.4 Å². The molecule has 11 heteroatoms. The molecule has 0 saturated heterocycles. The van der Waals surface area contributed by atoms with Gasteiger partial charge in [0.15, 0.2) is 11.5 Å². The van der Waals surface area contributed by atoms with E-state index in [1.807, 2.05) is 0 Å². The molecule has 0 atom stereocenters. The molecule has 142 valence electrons. The largest absolute Gasteiger partial charge is 0.493 e. The lowest BCUT2D eigenvalue weighted by molar-refractivity contribution is 0.353. The second-order valence-electron chi connectivity index (χ2n) is 5.16. The van der Waals surface area contributed by atoms with E-state index in [-0.39, 0.29) is 26.5 Å². The van der Waals surface area contributed by atoms with Crippen molar-refractivity contribution in [3.63, 3.8) is 0 Å². The van der Waals surface area contributed by atoms with Crippen LogP contribution < -0.4 is 18.9 Å². The second kappa shape index (κ2) is 7.72. The summed E-state index contributed by atoms with van der Waals surface area (Å²) in [5.41, 5.74) is 0.190. The fourth-order valence-electron chi connectivity index (χ4n) is 2.10.